The standard InChI is InChI=1S/C11H16N2O4S/c1-2-6-18(15,16)13-9-4-3-5-10(7-9)17-8-11(12)14/h3-5,7,13H,2,6,8H2,1H3,(H2,12,14). The Hall–Kier alpha value is -1.76. The molecule has 1 aromatic rings. The number of rotatable bonds is 7. The number of nitrogens with two attached hydrogens (primary N) is 1. The summed E-state index contributed by atoms with van der Waals surface area (Å²) in [6, 6.07) is 6.33. The minimum atomic E-state index is -3.33. The van der Waals surface area contributed by atoms with Crippen molar-refractivity contribution in [2.45, 2.75) is 13.3 Å². The van der Waals surface area contributed by atoms with Gasteiger partial charge in [0.25, 0.3) is 5.91 Å². The molecule has 0 bridgehead atoms. The number of benzene rings is 1. The Labute approximate surface area is 106 Å². The first-order valence-electron chi connectivity index (χ1n) is 5.44. The lowest BCUT2D eigenvalue weighted by Crippen LogP contribution is -2.20. The van der Waals surface area contributed by atoms with Crippen molar-refractivity contribution >= 4 is 21.6 Å². The number of hydrogen-bond acceptors (Lipinski definition) is 4. The molecule has 0 heterocycles. The van der Waals surface area contributed by atoms with E-state index in [0.29, 0.717) is 17.9 Å². The average molecular weight is 272 g/mol. The first kappa shape index (κ1) is 14.3. The van der Waals surface area contributed by atoms with Gasteiger partial charge in [-0.05, 0) is 18.6 Å². The van der Waals surface area contributed by atoms with Gasteiger partial charge in [-0.2, -0.15) is 0 Å². The number of hydrogen-bond donors (Lipinski definition) is 2. The molecule has 100 valence electrons. The van der Waals surface area contributed by atoms with Crippen LogP contribution in [0.4, 0.5) is 5.69 Å². The van der Waals surface area contributed by atoms with Gasteiger partial charge >= 0.3 is 0 Å². The molecule has 0 unspecified atom stereocenters. The van der Waals surface area contributed by atoms with E-state index < -0.39 is 15.9 Å². The normalized spacial score (nSPS) is 10.9. The summed E-state index contributed by atoms with van der Waals surface area (Å²) in [7, 11) is -3.33. The van der Waals surface area contributed by atoms with Gasteiger partial charge < -0.3 is 10.5 Å². The van der Waals surface area contributed by atoms with Crippen LogP contribution in [0.25, 0.3) is 0 Å². The SMILES string of the molecule is CCCS(=O)(=O)Nc1cccc(OCC(N)=O)c1. The van der Waals surface area contributed by atoms with Gasteiger partial charge in [-0.15, -0.1) is 0 Å². The largest absolute Gasteiger partial charge is 0.484 e. The lowest BCUT2D eigenvalue weighted by atomic mass is 10.3. The van der Waals surface area contributed by atoms with Crippen LogP contribution >= 0.6 is 0 Å². The van der Waals surface area contributed by atoms with Gasteiger partial charge in [0.15, 0.2) is 6.61 Å². The minimum Gasteiger partial charge on any atom is -0.484 e. The maximum Gasteiger partial charge on any atom is 0.255 e. The van der Waals surface area contributed by atoms with Gasteiger partial charge in [-0.3, -0.25) is 9.52 Å². The van der Waals surface area contributed by atoms with Crippen LogP contribution in [-0.2, 0) is 14.8 Å². The van der Waals surface area contributed by atoms with Crippen LogP contribution in [0, 0.1) is 0 Å². The summed E-state index contributed by atoms with van der Waals surface area (Å²) in [6.45, 7) is 1.54. The molecular formula is C11H16N2O4S. The molecule has 6 nitrogen and oxygen atoms in total. The van der Waals surface area contributed by atoms with E-state index in [-0.39, 0.29) is 12.4 Å². The quantitative estimate of drug-likeness (QED) is 0.763. The van der Waals surface area contributed by atoms with E-state index in [2.05, 4.69) is 4.72 Å². The monoisotopic (exact) mass is 272 g/mol. The highest BCUT2D eigenvalue weighted by Crippen LogP contribution is 2.18. The zero-order valence-electron chi connectivity index (χ0n) is 10.0. The van der Waals surface area contributed by atoms with E-state index in [0.717, 1.165) is 0 Å². The molecule has 1 rings (SSSR count). The zero-order valence-corrected chi connectivity index (χ0v) is 10.9. The first-order valence-corrected chi connectivity index (χ1v) is 7.10. The third-order valence-corrected chi connectivity index (χ3v) is 3.45. The molecule has 3 N–H and O–H groups in total. The van der Waals surface area contributed by atoms with Gasteiger partial charge in [-0.1, -0.05) is 13.0 Å². The summed E-state index contributed by atoms with van der Waals surface area (Å²) in [4.78, 5) is 10.6. The highest BCUT2D eigenvalue weighted by atomic mass is 32.2. The Morgan fingerprint density at radius 2 is 2.17 bits per heavy atom. The second-order valence-corrected chi connectivity index (χ2v) is 5.55. The predicted octanol–water partition coefficient (Wildman–Crippen LogP) is 0.702. The Balaban J connectivity index is 2.73. The summed E-state index contributed by atoms with van der Waals surface area (Å²) >= 11 is 0. The second kappa shape index (κ2) is 6.25. The Kier molecular flexibility index (Phi) is 4.96. The van der Waals surface area contributed by atoms with Crippen LogP contribution < -0.4 is 15.2 Å². The molecule has 0 aliphatic heterocycles. The van der Waals surface area contributed by atoms with Crippen LogP contribution in [0.3, 0.4) is 0 Å². The van der Waals surface area contributed by atoms with Crippen molar-refractivity contribution in [3.8, 4) is 5.75 Å². The van der Waals surface area contributed by atoms with Gasteiger partial charge in [0, 0.05) is 6.07 Å². The molecule has 0 aliphatic carbocycles. The van der Waals surface area contributed by atoms with Crippen LogP contribution in [0.5, 0.6) is 5.75 Å². The second-order valence-electron chi connectivity index (χ2n) is 3.70. The van der Waals surface area contributed by atoms with Crippen LogP contribution in [-0.4, -0.2) is 26.7 Å². The number of carbonyl (C=O) groups excluding carboxylic acids is 1. The summed E-state index contributed by atoms with van der Waals surface area (Å²) in [5.74, 6) is -0.156. The molecule has 1 amide bonds. The fraction of sp³-hybridized carbons (Fsp3) is 0.364. The molecule has 0 aliphatic rings. The first-order chi connectivity index (χ1) is 8.43. The number of primary amides is 1. The number of sulfonamides is 1. The molecular weight excluding hydrogens is 256 g/mol. The Morgan fingerprint density at radius 3 is 2.78 bits per heavy atom. The summed E-state index contributed by atoms with van der Waals surface area (Å²) in [5.41, 5.74) is 5.34. The zero-order chi connectivity index (χ0) is 13.6. The fourth-order valence-corrected chi connectivity index (χ4v) is 2.43. The van der Waals surface area contributed by atoms with Gasteiger partial charge in [0.05, 0.1) is 11.4 Å². The van der Waals surface area contributed by atoms with E-state index in [9.17, 15) is 13.2 Å². The van der Waals surface area contributed by atoms with Gasteiger partial charge in [0.1, 0.15) is 5.75 Å². The van der Waals surface area contributed by atoms with E-state index in [4.69, 9.17) is 10.5 Å². The predicted molar refractivity (Wildman–Crippen MR) is 68.8 cm³/mol. The lowest BCUT2D eigenvalue weighted by molar-refractivity contribution is -0.119. The molecule has 0 fully saturated rings. The smallest absolute Gasteiger partial charge is 0.255 e. The average Bonchev–Trinajstić information content (AvgIpc) is 2.26. The minimum absolute atomic E-state index is 0.0549. The molecule has 0 aromatic heterocycles. The Bertz CT molecular complexity index is 514. The van der Waals surface area contributed by atoms with E-state index in [1.165, 1.54) is 6.07 Å². The topological polar surface area (TPSA) is 98.5 Å². The number of nitrogens with one attached hydrogen (secondary N) is 1. The summed E-state index contributed by atoms with van der Waals surface area (Å²) in [6.07, 6.45) is 0.535. The third kappa shape index (κ3) is 5.05. The van der Waals surface area contributed by atoms with E-state index in [1.54, 1.807) is 25.1 Å². The number of carbonyl (C=O) groups is 1. The number of amides is 1. The Morgan fingerprint density at radius 1 is 1.44 bits per heavy atom. The van der Waals surface area contributed by atoms with Crippen molar-refractivity contribution in [1.82, 2.24) is 0 Å². The van der Waals surface area contributed by atoms with Crippen molar-refractivity contribution in [3.05, 3.63) is 24.3 Å². The summed E-state index contributed by atoms with van der Waals surface area (Å²) < 4.78 is 30.6. The maximum atomic E-state index is 11.6. The van der Waals surface area contributed by atoms with Crippen molar-refractivity contribution in [1.29, 1.82) is 0 Å². The highest BCUT2D eigenvalue weighted by molar-refractivity contribution is 7.92. The molecule has 0 saturated heterocycles. The number of anilines is 1. The molecule has 1 aromatic carbocycles. The van der Waals surface area contributed by atoms with Crippen molar-refractivity contribution in [2.24, 2.45) is 5.73 Å². The number of ether oxygens (including phenoxy) is 1. The molecule has 18 heavy (non-hydrogen) atoms. The molecule has 7 heteroatoms. The molecule has 0 radical (unpaired) electrons. The summed E-state index contributed by atoms with van der Waals surface area (Å²) in [5, 5.41) is 0. The van der Waals surface area contributed by atoms with Gasteiger partial charge in [-0.25, -0.2) is 8.42 Å². The third-order valence-electron chi connectivity index (χ3n) is 1.96. The van der Waals surface area contributed by atoms with Crippen LogP contribution in [0.1, 0.15) is 13.3 Å². The van der Waals surface area contributed by atoms with Crippen LogP contribution in [0.2, 0.25) is 0 Å². The lowest BCUT2D eigenvalue weighted by Gasteiger charge is -2.09. The molecule has 0 atom stereocenters. The highest BCUT2D eigenvalue weighted by Gasteiger charge is 2.09. The molecule has 0 spiro atoms. The van der Waals surface area contributed by atoms with Crippen molar-refractivity contribution in [3.63, 3.8) is 0 Å². The molecule has 0 saturated carbocycles. The fourth-order valence-electron chi connectivity index (χ4n) is 1.30. The van der Waals surface area contributed by atoms with E-state index >= 15 is 0 Å². The maximum absolute atomic E-state index is 11.6. The van der Waals surface area contributed by atoms with Crippen LogP contribution in [0.15, 0.2) is 24.3 Å². The van der Waals surface area contributed by atoms with Crippen molar-refractivity contribution in [2.75, 3.05) is 17.1 Å². The van der Waals surface area contributed by atoms with E-state index in [1.807, 2.05) is 0 Å². The van der Waals surface area contributed by atoms with Gasteiger partial charge in [0.2, 0.25) is 10.0 Å². The van der Waals surface area contributed by atoms with Crippen molar-refractivity contribution < 1.29 is 17.9 Å².